The SMILES string of the molecule is COc1cccc2c(C(=O)NC(=O)[C@H](Cc3ccccc3)N(C)C)c(C)n(CCN3CCOCC3)c12. The Balaban J connectivity index is 1.61. The van der Waals surface area contributed by atoms with Crippen LogP contribution in [0.2, 0.25) is 0 Å². The lowest BCUT2D eigenvalue weighted by molar-refractivity contribution is -0.124. The molecule has 1 aliphatic heterocycles. The zero-order valence-electron chi connectivity index (χ0n) is 21.6. The van der Waals surface area contributed by atoms with Gasteiger partial charge in [-0.05, 0) is 39.1 Å². The van der Waals surface area contributed by atoms with Crippen LogP contribution in [0.5, 0.6) is 5.75 Å². The van der Waals surface area contributed by atoms with E-state index in [0.29, 0.717) is 24.3 Å². The summed E-state index contributed by atoms with van der Waals surface area (Å²) in [6.07, 6.45) is 0.515. The average Bonchev–Trinajstić information content (AvgIpc) is 3.18. The summed E-state index contributed by atoms with van der Waals surface area (Å²) in [5.74, 6) is 0.00403. The predicted octanol–water partition coefficient (Wildman–Crippen LogP) is 2.72. The summed E-state index contributed by atoms with van der Waals surface area (Å²) < 4.78 is 13.3. The highest BCUT2D eigenvalue weighted by molar-refractivity contribution is 6.14. The first kappa shape index (κ1) is 25.9. The van der Waals surface area contributed by atoms with Crippen LogP contribution >= 0.6 is 0 Å². The number of imide groups is 1. The predicted molar refractivity (Wildman–Crippen MR) is 141 cm³/mol. The number of likely N-dealkylation sites (N-methyl/N-ethyl adjacent to an activating group) is 1. The van der Waals surface area contributed by atoms with E-state index in [9.17, 15) is 9.59 Å². The van der Waals surface area contributed by atoms with Gasteiger partial charge in [0.15, 0.2) is 0 Å². The number of para-hydroxylation sites is 1. The maximum Gasteiger partial charge on any atom is 0.260 e. The minimum atomic E-state index is -0.471. The van der Waals surface area contributed by atoms with Crippen LogP contribution in [0.3, 0.4) is 0 Å². The van der Waals surface area contributed by atoms with E-state index in [0.717, 1.165) is 55.0 Å². The van der Waals surface area contributed by atoms with Gasteiger partial charge in [-0.15, -0.1) is 0 Å². The van der Waals surface area contributed by atoms with Crippen LogP contribution in [0.1, 0.15) is 21.6 Å². The number of hydrogen-bond acceptors (Lipinski definition) is 6. The standard InChI is InChI=1S/C28H36N4O4/c1-20-25(28(34)29-27(33)23(30(2)3)19-21-9-6-5-7-10-21)22-11-8-12-24(35-4)26(22)32(20)14-13-31-15-17-36-18-16-31/h5-12,23H,13-19H2,1-4H3,(H,29,33,34)/t23-/m0/s1. The second kappa shape index (κ2) is 11.7. The van der Waals surface area contributed by atoms with Gasteiger partial charge in [0.05, 0.1) is 37.4 Å². The van der Waals surface area contributed by atoms with Crippen LogP contribution in [0.25, 0.3) is 10.9 Å². The monoisotopic (exact) mass is 492 g/mol. The number of aromatic nitrogens is 1. The number of rotatable bonds is 9. The van der Waals surface area contributed by atoms with Crippen LogP contribution in [0, 0.1) is 6.92 Å². The Hall–Kier alpha value is -3.20. The summed E-state index contributed by atoms with van der Waals surface area (Å²) in [7, 11) is 5.34. The number of ether oxygens (including phenoxy) is 2. The van der Waals surface area contributed by atoms with E-state index < -0.39 is 6.04 Å². The lowest BCUT2D eigenvalue weighted by Gasteiger charge is -2.27. The highest BCUT2D eigenvalue weighted by Gasteiger charge is 2.27. The number of morpholine rings is 1. The highest BCUT2D eigenvalue weighted by Crippen LogP contribution is 2.33. The quantitative estimate of drug-likeness (QED) is 0.495. The van der Waals surface area contributed by atoms with E-state index in [4.69, 9.17) is 9.47 Å². The van der Waals surface area contributed by atoms with Crippen molar-refractivity contribution in [1.82, 2.24) is 19.7 Å². The van der Waals surface area contributed by atoms with Crippen molar-refractivity contribution in [1.29, 1.82) is 0 Å². The number of carbonyl (C=O) groups excluding carboxylic acids is 2. The molecule has 1 atom stereocenters. The molecule has 0 aliphatic carbocycles. The molecule has 0 unspecified atom stereocenters. The van der Waals surface area contributed by atoms with Gasteiger partial charge in [-0.3, -0.25) is 24.7 Å². The van der Waals surface area contributed by atoms with Gasteiger partial charge in [0.25, 0.3) is 5.91 Å². The Kier molecular flexibility index (Phi) is 8.40. The fourth-order valence-corrected chi connectivity index (χ4v) is 4.90. The second-order valence-electron chi connectivity index (χ2n) is 9.41. The molecule has 0 saturated carbocycles. The molecule has 1 saturated heterocycles. The normalized spacial score (nSPS) is 15.2. The van der Waals surface area contributed by atoms with Crippen molar-refractivity contribution in [2.45, 2.75) is 25.9 Å². The third-order valence-corrected chi connectivity index (χ3v) is 6.93. The minimum absolute atomic E-state index is 0.314. The molecule has 0 radical (unpaired) electrons. The van der Waals surface area contributed by atoms with Crippen molar-refractivity contribution in [3.8, 4) is 5.75 Å². The molecule has 4 rings (SSSR count). The van der Waals surface area contributed by atoms with Gasteiger partial charge in [0.1, 0.15) is 5.75 Å². The Morgan fingerprint density at radius 3 is 2.44 bits per heavy atom. The smallest absolute Gasteiger partial charge is 0.260 e. The summed E-state index contributed by atoms with van der Waals surface area (Å²) >= 11 is 0. The van der Waals surface area contributed by atoms with Gasteiger partial charge in [0.2, 0.25) is 5.91 Å². The molecular weight excluding hydrogens is 456 g/mol. The van der Waals surface area contributed by atoms with Gasteiger partial charge in [-0.25, -0.2) is 0 Å². The molecule has 1 aliphatic rings. The van der Waals surface area contributed by atoms with Crippen molar-refractivity contribution in [3.05, 3.63) is 65.4 Å². The molecule has 1 N–H and O–H groups in total. The average molecular weight is 493 g/mol. The molecule has 36 heavy (non-hydrogen) atoms. The minimum Gasteiger partial charge on any atom is -0.495 e. The van der Waals surface area contributed by atoms with Gasteiger partial charge >= 0.3 is 0 Å². The van der Waals surface area contributed by atoms with E-state index >= 15 is 0 Å². The molecule has 8 heteroatoms. The fourth-order valence-electron chi connectivity index (χ4n) is 4.90. The van der Waals surface area contributed by atoms with E-state index in [1.54, 1.807) is 7.11 Å². The van der Waals surface area contributed by atoms with E-state index in [1.165, 1.54) is 0 Å². The van der Waals surface area contributed by atoms with Crippen molar-refractivity contribution in [3.63, 3.8) is 0 Å². The van der Waals surface area contributed by atoms with Crippen LogP contribution in [0.4, 0.5) is 0 Å². The molecular formula is C28H36N4O4. The van der Waals surface area contributed by atoms with E-state index in [2.05, 4.69) is 14.8 Å². The van der Waals surface area contributed by atoms with Crippen LogP contribution in [-0.2, 0) is 22.5 Å². The van der Waals surface area contributed by atoms with Gasteiger partial charge < -0.3 is 14.0 Å². The molecule has 3 aromatic rings. The lowest BCUT2D eigenvalue weighted by Crippen LogP contribution is -2.47. The number of fused-ring (bicyclic) bond motifs is 1. The van der Waals surface area contributed by atoms with Gasteiger partial charge in [0, 0.05) is 37.3 Å². The zero-order chi connectivity index (χ0) is 25.7. The van der Waals surface area contributed by atoms with Crippen LogP contribution < -0.4 is 10.1 Å². The van der Waals surface area contributed by atoms with Crippen LogP contribution in [0.15, 0.2) is 48.5 Å². The van der Waals surface area contributed by atoms with Crippen molar-refractivity contribution < 1.29 is 19.1 Å². The Bertz CT molecular complexity index is 1200. The summed E-state index contributed by atoms with van der Waals surface area (Å²) in [6.45, 7) is 6.74. The second-order valence-corrected chi connectivity index (χ2v) is 9.41. The number of carbonyl (C=O) groups is 2. The van der Waals surface area contributed by atoms with Crippen molar-refractivity contribution in [2.75, 3.05) is 54.1 Å². The summed E-state index contributed by atoms with van der Waals surface area (Å²) in [5.41, 5.74) is 3.24. The topological polar surface area (TPSA) is 76.0 Å². The molecule has 1 aromatic heterocycles. The first-order chi connectivity index (χ1) is 17.4. The fraction of sp³-hybridized carbons (Fsp3) is 0.429. The summed E-state index contributed by atoms with van der Waals surface area (Å²) in [5, 5.41) is 3.47. The zero-order valence-corrected chi connectivity index (χ0v) is 21.6. The van der Waals surface area contributed by atoms with Crippen LogP contribution in [-0.4, -0.2) is 86.3 Å². The number of methoxy groups -OCH3 is 1. The summed E-state index contributed by atoms with van der Waals surface area (Å²) in [6, 6.07) is 15.1. The van der Waals surface area contributed by atoms with E-state index in [1.807, 2.05) is 74.4 Å². The molecule has 0 bridgehead atoms. The Morgan fingerprint density at radius 2 is 1.78 bits per heavy atom. The maximum atomic E-state index is 13.6. The largest absolute Gasteiger partial charge is 0.495 e. The van der Waals surface area contributed by atoms with Gasteiger partial charge in [-0.1, -0.05) is 42.5 Å². The third kappa shape index (κ3) is 5.61. The number of nitrogens with zero attached hydrogens (tertiary/aromatic N) is 3. The number of amides is 2. The Labute approximate surface area is 212 Å². The number of benzene rings is 2. The number of hydrogen-bond donors (Lipinski definition) is 1. The molecule has 2 heterocycles. The highest BCUT2D eigenvalue weighted by atomic mass is 16.5. The molecule has 2 amide bonds. The third-order valence-electron chi connectivity index (χ3n) is 6.93. The maximum absolute atomic E-state index is 13.6. The molecule has 1 fully saturated rings. The lowest BCUT2D eigenvalue weighted by atomic mass is 10.0. The number of nitrogens with one attached hydrogen (secondary N) is 1. The molecule has 2 aromatic carbocycles. The van der Waals surface area contributed by atoms with E-state index in [-0.39, 0.29) is 11.8 Å². The molecule has 192 valence electrons. The first-order valence-corrected chi connectivity index (χ1v) is 12.4. The van der Waals surface area contributed by atoms with Crippen molar-refractivity contribution in [2.24, 2.45) is 0 Å². The molecule has 8 nitrogen and oxygen atoms in total. The Morgan fingerprint density at radius 1 is 1.06 bits per heavy atom. The van der Waals surface area contributed by atoms with Crippen molar-refractivity contribution >= 4 is 22.7 Å². The first-order valence-electron chi connectivity index (χ1n) is 12.4. The van der Waals surface area contributed by atoms with Gasteiger partial charge in [-0.2, -0.15) is 0 Å². The summed E-state index contributed by atoms with van der Waals surface area (Å²) in [4.78, 5) is 31.0. The molecule has 0 spiro atoms.